The van der Waals surface area contributed by atoms with Gasteiger partial charge in [-0.25, -0.2) is 4.39 Å². The van der Waals surface area contributed by atoms with Crippen LogP contribution in [0.3, 0.4) is 0 Å². The third-order valence-corrected chi connectivity index (χ3v) is 10.4. The van der Waals surface area contributed by atoms with Gasteiger partial charge in [-0.3, -0.25) is 9.69 Å². The zero-order chi connectivity index (χ0) is 27.8. The van der Waals surface area contributed by atoms with Crippen molar-refractivity contribution in [3.8, 4) is 11.9 Å². The molecule has 1 N–H and O–H groups in total. The molecule has 0 spiro atoms. The van der Waals surface area contributed by atoms with Gasteiger partial charge in [-0.05, 0) is 95.2 Å². The van der Waals surface area contributed by atoms with E-state index in [2.05, 4.69) is 21.2 Å². The molecule has 0 amide bonds. The highest BCUT2D eigenvalue weighted by Crippen LogP contribution is 2.59. The Morgan fingerprint density at radius 3 is 2.85 bits per heavy atom. The number of hydrogen-bond donors (Lipinski definition) is 1. The van der Waals surface area contributed by atoms with Crippen molar-refractivity contribution >= 4 is 11.8 Å². The van der Waals surface area contributed by atoms with Crippen LogP contribution in [0, 0.1) is 40.9 Å². The summed E-state index contributed by atoms with van der Waals surface area (Å²) in [5.74, 6) is 3.12. The number of nitriles is 1. The van der Waals surface area contributed by atoms with E-state index in [4.69, 9.17) is 14.5 Å². The van der Waals surface area contributed by atoms with Crippen LogP contribution in [0.25, 0.3) is 0 Å². The topological polar surface area (TPSA) is 90.7 Å². The van der Waals surface area contributed by atoms with Gasteiger partial charge >= 0.3 is 5.97 Å². The van der Waals surface area contributed by atoms with E-state index in [-0.39, 0.29) is 23.3 Å². The molecular weight excluding hydrogens is 509 g/mol. The standard InChI is InChI=1S/C31H42FN5O3/c1-30(2,3)40-29(38)26-22-10-18-9-19(18)14-36(16-25(22)26)27-21-5-7-34-13-24(21)23(12-33)28(35-27)39-17-31-6-4-8-37(31)15-20(32)11-31/h18-20,22,25-26,34H,4-11,13-17H2,1-3H3/t18-,19-,20+,22?,25+,26?,31-/m0/s1. The second-order valence-electron chi connectivity index (χ2n) is 14.3. The van der Waals surface area contributed by atoms with Gasteiger partial charge in [0.15, 0.2) is 0 Å². The zero-order valence-electron chi connectivity index (χ0n) is 24.0. The van der Waals surface area contributed by atoms with Gasteiger partial charge in [0.1, 0.15) is 35.8 Å². The van der Waals surface area contributed by atoms with E-state index < -0.39 is 11.8 Å². The minimum Gasteiger partial charge on any atom is -0.475 e. The average molecular weight is 552 g/mol. The third-order valence-electron chi connectivity index (χ3n) is 10.4. The number of aromatic nitrogens is 1. The van der Waals surface area contributed by atoms with Gasteiger partial charge in [0.05, 0.1) is 11.5 Å². The molecule has 7 atom stereocenters. The molecule has 5 fully saturated rings. The Labute approximate surface area is 236 Å². The first kappa shape index (κ1) is 26.5. The Morgan fingerprint density at radius 1 is 1.20 bits per heavy atom. The minimum absolute atomic E-state index is 0.0452. The van der Waals surface area contributed by atoms with E-state index >= 15 is 0 Å². The van der Waals surface area contributed by atoms with Crippen LogP contribution >= 0.6 is 0 Å². The average Bonchev–Trinajstić information content (AvgIpc) is 3.69. The quantitative estimate of drug-likeness (QED) is 0.556. The number of halogens is 1. The number of pyridine rings is 1. The van der Waals surface area contributed by atoms with Gasteiger partial charge in [0.25, 0.3) is 0 Å². The van der Waals surface area contributed by atoms with Crippen LogP contribution in [0.15, 0.2) is 0 Å². The number of esters is 1. The van der Waals surface area contributed by atoms with E-state index in [0.29, 0.717) is 55.3 Å². The lowest BCUT2D eigenvalue weighted by Crippen LogP contribution is -2.43. The first-order valence-electron chi connectivity index (χ1n) is 15.3. The second kappa shape index (κ2) is 9.55. The smallest absolute Gasteiger partial charge is 0.310 e. The van der Waals surface area contributed by atoms with Crippen LogP contribution in [-0.4, -0.2) is 72.5 Å². The lowest BCUT2D eigenvalue weighted by molar-refractivity contribution is -0.157. The molecule has 0 bridgehead atoms. The fourth-order valence-corrected chi connectivity index (χ4v) is 8.34. The van der Waals surface area contributed by atoms with Gasteiger partial charge in [-0.2, -0.15) is 10.2 Å². The molecule has 1 aromatic rings. The van der Waals surface area contributed by atoms with Crippen LogP contribution in [0.2, 0.25) is 0 Å². The van der Waals surface area contributed by atoms with E-state index in [1.807, 2.05) is 20.8 Å². The Hall–Kier alpha value is -2.44. The molecule has 5 heterocycles. The molecule has 40 heavy (non-hydrogen) atoms. The SMILES string of the molecule is CC(C)(C)OC(=O)C1C2C[C@@H]3C[C@H]3CN(c3nc(OC[C@@]45CCCN4C[C@H](F)C5)c(C#N)c4c3CCNC4)C[C@H]21. The molecule has 7 rings (SSSR count). The van der Waals surface area contributed by atoms with Crippen LogP contribution in [0.4, 0.5) is 10.2 Å². The summed E-state index contributed by atoms with van der Waals surface area (Å²) >= 11 is 0. The number of rotatable bonds is 5. The first-order chi connectivity index (χ1) is 19.2. The lowest BCUT2D eigenvalue weighted by atomic mass is 9.94. The lowest BCUT2D eigenvalue weighted by Gasteiger charge is -2.33. The Bertz CT molecular complexity index is 1240. The molecule has 0 aromatic carbocycles. The second-order valence-corrected chi connectivity index (χ2v) is 14.3. The summed E-state index contributed by atoms with van der Waals surface area (Å²) < 4.78 is 26.7. The molecule has 0 radical (unpaired) electrons. The summed E-state index contributed by atoms with van der Waals surface area (Å²) in [7, 11) is 0. The largest absolute Gasteiger partial charge is 0.475 e. The van der Waals surface area contributed by atoms with Crippen LogP contribution in [-0.2, 0) is 22.5 Å². The number of nitrogens with one attached hydrogen (secondary N) is 1. The van der Waals surface area contributed by atoms with Crippen molar-refractivity contribution in [1.29, 1.82) is 5.26 Å². The number of fused-ring (bicyclic) bond motifs is 4. The molecule has 3 saturated heterocycles. The molecule has 6 aliphatic rings. The van der Waals surface area contributed by atoms with E-state index in [1.165, 1.54) is 6.42 Å². The predicted molar refractivity (Wildman–Crippen MR) is 148 cm³/mol. The maximum absolute atomic E-state index is 14.4. The molecule has 2 aliphatic carbocycles. The van der Waals surface area contributed by atoms with E-state index in [0.717, 1.165) is 68.8 Å². The van der Waals surface area contributed by atoms with E-state index in [1.54, 1.807) is 0 Å². The molecule has 9 heteroatoms. The van der Waals surface area contributed by atoms with Crippen molar-refractivity contribution < 1.29 is 18.7 Å². The number of alkyl halides is 1. The molecular formula is C31H42FN5O3. The summed E-state index contributed by atoms with van der Waals surface area (Å²) in [6.45, 7) is 10.7. The minimum atomic E-state index is -0.826. The number of carbonyl (C=O) groups is 1. The fourth-order valence-electron chi connectivity index (χ4n) is 8.34. The molecule has 216 valence electrons. The number of anilines is 1. The van der Waals surface area contributed by atoms with Crippen molar-refractivity contribution in [2.45, 2.75) is 83.2 Å². The van der Waals surface area contributed by atoms with Crippen LogP contribution in [0.1, 0.15) is 69.6 Å². The Balaban J connectivity index is 1.19. The molecule has 2 saturated carbocycles. The maximum Gasteiger partial charge on any atom is 0.310 e. The van der Waals surface area contributed by atoms with Gasteiger partial charge in [0, 0.05) is 38.2 Å². The van der Waals surface area contributed by atoms with Crippen molar-refractivity contribution in [1.82, 2.24) is 15.2 Å². The molecule has 2 unspecified atom stereocenters. The number of hydrogen-bond acceptors (Lipinski definition) is 8. The number of nitrogens with zero attached hydrogens (tertiary/aromatic N) is 4. The van der Waals surface area contributed by atoms with Crippen LogP contribution in [0.5, 0.6) is 5.88 Å². The van der Waals surface area contributed by atoms with Gasteiger partial charge in [-0.15, -0.1) is 0 Å². The van der Waals surface area contributed by atoms with E-state index in [9.17, 15) is 14.4 Å². The van der Waals surface area contributed by atoms with Crippen molar-refractivity contribution in [3.05, 3.63) is 16.7 Å². The van der Waals surface area contributed by atoms with Gasteiger partial charge in [-0.1, -0.05) is 0 Å². The Kier molecular flexibility index (Phi) is 6.32. The summed E-state index contributed by atoms with van der Waals surface area (Å²) in [6.07, 6.45) is 4.75. The van der Waals surface area contributed by atoms with Crippen LogP contribution < -0.4 is 15.0 Å². The highest BCUT2D eigenvalue weighted by molar-refractivity contribution is 5.77. The number of carbonyl (C=O) groups excluding carboxylic acids is 1. The maximum atomic E-state index is 14.4. The summed E-state index contributed by atoms with van der Waals surface area (Å²) in [5, 5.41) is 13.7. The Morgan fingerprint density at radius 2 is 2.05 bits per heavy atom. The highest BCUT2D eigenvalue weighted by atomic mass is 19.1. The molecule has 8 nitrogen and oxygen atoms in total. The predicted octanol–water partition coefficient (Wildman–Crippen LogP) is 3.60. The number of ether oxygens (including phenoxy) is 2. The molecule has 4 aliphatic heterocycles. The molecule has 1 aromatic heterocycles. The van der Waals surface area contributed by atoms with Gasteiger partial charge < -0.3 is 19.7 Å². The monoisotopic (exact) mass is 551 g/mol. The van der Waals surface area contributed by atoms with Crippen molar-refractivity contribution in [3.63, 3.8) is 0 Å². The highest BCUT2D eigenvalue weighted by Gasteiger charge is 2.60. The summed E-state index contributed by atoms with van der Waals surface area (Å²) in [6, 6.07) is 2.40. The van der Waals surface area contributed by atoms with Gasteiger partial charge in [0.2, 0.25) is 5.88 Å². The summed E-state index contributed by atoms with van der Waals surface area (Å²) in [4.78, 5) is 22.9. The first-order valence-corrected chi connectivity index (χ1v) is 15.3. The normalized spacial score (nSPS) is 36.3. The van der Waals surface area contributed by atoms with Crippen molar-refractivity contribution in [2.24, 2.45) is 29.6 Å². The fraction of sp³-hybridized carbons (Fsp3) is 0.774. The zero-order valence-corrected chi connectivity index (χ0v) is 24.0. The van der Waals surface area contributed by atoms with Crippen molar-refractivity contribution in [2.75, 3.05) is 44.2 Å². The third kappa shape index (κ3) is 4.65. The summed E-state index contributed by atoms with van der Waals surface area (Å²) in [5.41, 5.74) is 1.84.